The van der Waals surface area contributed by atoms with Gasteiger partial charge in [-0.3, -0.25) is 4.90 Å². The smallest absolute Gasteiger partial charge is 0.125 e. The average molecular weight is 263 g/mol. The van der Waals surface area contributed by atoms with E-state index in [1.54, 1.807) is 0 Å². The number of hydrogen-bond donors (Lipinski definition) is 1. The van der Waals surface area contributed by atoms with Crippen LogP contribution in [0.25, 0.3) is 0 Å². The van der Waals surface area contributed by atoms with Gasteiger partial charge in [0, 0.05) is 5.56 Å². The molecule has 0 aliphatic carbocycles. The molecule has 0 aromatic heterocycles. The van der Waals surface area contributed by atoms with Gasteiger partial charge in [-0.1, -0.05) is 26.3 Å². The lowest BCUT2D eigenvalue weighted by Gasteiger charge is -2.36. The van der Waals surface area contributed by atoms with Crippen LogP contribution < -0.4 is 4.74 Å². The molecular formula is C16H25NO2. The molecule has 3 heteroatoms. The number of aryl methyl sites for hydroxylation is 1. The minimum atomic E-state index is -0.447. The number of aliphatic hydroxyl groups is 1. The van der Waals surface area contributed by atoms with Crippen LogP contribution in [0, 0.1) is 0 Å². The van der Waals surface area contributed by atoms with Crippen LogP contribution in [-0.4, -0.2) is 36.2 Å². The minimum Gasteiger partial charge on any atom is -0.491 e. The van der Waals surface area contributed by atoms with Crippen molar-refractivity contribution < 1.29 is 9.84 Å². The summed E-state index contributed by atoms with van der Waals surface area (Å²) in [6.07, 6.45) is 2.86. The Morgan fingerprint density at radius 1 is 1.37 bits per heavy atom. The number of unbranched alkanes of at least 4 members (excludes halogenated alkanes) is 1. The minimum absolute atomic E-state index is 0.0613. The first-order chi connectivity index (χ1) is 9.17. The van der Waals surface area contributed by atoms with Crippen molar-refractivity contribution in [1.82, 2.24) is 4.90 Å². The van der Waals surface area contributed by atoms with Gasteiger partial charge in [-0.25, -0.2) is 0 Å². The first-order valence-electron chi connectivity index (χ1n) is 7.31. The quantitative estimate of drug-likeness (QED) is 0.886. The molecular weight excluding hydrogens is 238 g/mol. The molecule has 0 amide bonds. The van der Waals surface area contributed by atoms with E-state index in [2.05, 4.69) is 37.9 Å². The molecule has 0 radical (unpaired) electrons. The maximum atomic E-state index is 10.6. The molecule has 0 bridgehead atoms. The third kappa shape index (κ3) is 3.10. The molecule has 1 aromatic carbocycles. The summed E-state index contributed by atoms with van der Waals surface area (Å²) >= 11 is 0. The van der Waals surface area contributed by atoms with Crippen LogP contribution in [0.4, 0.5) is 0 Å². The van der Waals surface area contributed by atoms with Gasteiger partial charge in [0.25, 0.3) is 0 Å². The molecule has 2 unspecified atom stereocenters. The average Bonchev–Trinajstić information content (AvgIpc) is 2.45. The molecule has 1 aromatic rings. The second kappa shape index (κ2) is 6.40. The van der Waals surface area contributed by atoms with E-state index in [1.165, 1.54) is 12.0 Å². The topological polar surface area (TPSA) is 32.7 Å². The Labute approximate surface area is 116 Å². The summed E-state index contributed by atoms with van der Waals surface area (Å²) in [6.45, 7) is 5.89. The normalized spacial score (nSPS) is 22.2. The molecule has 1 heterocycles. The van der Waals surface area contributed by atoms with Crippen molar-refractivity contribution >= 4 is 0 Å². The van der Waals surface area contributed by atoms with Crippen LogP contribution in [0.1, 0.15) is 43.9 Å². The van der Waals surface area contributed by atoms with Gasteiger partial charge < -0.3 is 9.84 Å². The Morgan fingerprint density at radius 2 is 2.16 bits per heavy atom. The molecule has 0 spiro atoms. The van der Waals surface area contributed by atoms with Crippen molar-refractivity contribution in [2.24, 2.45) is 0 Å². The molecule has 1 aliphatic heterocycles. The Hall–Kier alpha value is -1.06. The summed E-state index contributed by atoms with van der Waals surface area (Å²) in [6, 6.07) is 6.21. The van der Waals surface area contributed by atoms with Gasteiger partial charge in [0.15, 0.2) is 0 Å². The highest BCUT2D eigenvalue weighted by molar-refractivity contribution is 5.41. The fraction of sp³-hybridized carbons (Fsp3) is 0.625. The zero-order chi connectivity index (χ0) is 13.8. The number of fused-ring (bicyclic) bond motifs is 1. The number of nitrogens with zero attached hydrogens (tertiary/aromatic N) is 1. The van der Waals surface area contributed by atoms with E-state index in [0.717, 1.165) is 30.7 Å². The van der Waals surface area contributed by atoms with Crippen molar-refractivity contribution in [2.75, 3.05) is 20.2 Å². The summed E-state index contributed by atoms with van der Waals surface area (Å²) in [5.41, 5.74) is 2.19. The number of aliphatic hydroxyl groups excluding tert-OH is 1. The molecule has 3 nitrogen and oxygen atoms in total. The lowest BCUT2D eigenvalue weighted by Crippen LogP contribution is -2.44. The molecule has 0 saturated carbocycles. The van der Waals surface area contributed by atoms with Crippen LogP contribution in [0.3, 0.4) is 0 Å². The van der Waals surface area contributed by atoms with Gasteiger partial charge in [0.05, 0.1) is 6.04 Å². The molecule has 0 saturated heterocycles. The summed E-state index contributed by atoms with van der Waals surface area (Å²) in [5.74, 6) is 0.838. The van der Waals surface area contributed by atoms with E-state index in [1.807, 2.05) is 6.07 Å². The highest BCUT2D eigenvalue weighted by Crippen LogP contribution is 2.34. The van der Waals surface area contributed by atoms with Crippen molar-refractivity contribution in [1.29, 1.82) is 0 Å². The zero-order valence-electron chi connectivity index (χ0n) is 12.2. The summed E-state index contributed by atoms with van der Waals surface area (Å²) in [4.78, 5) is 2.22. The maximum absolute atomic E-state index is 10.6. The van der Waals surface area contributed by atoms with Crippen LogP contribution in [-0.2, 0) is 6.42 Å². The Morgan fingerprint density at radius 3 is 2.84 bits per heavy atom. The molecule has 19 heavy (non-hydrogen) atoms. The number of likely N-dealkylation sites (N-methyl/N-ethyl adjacent to an activating group) is 1. The van der Waals surface area contributed by atoms with E-state index in [4.69, 9.17) is 4.74 Å². The fourth-order valence-corrected chi connectivity index (χ4v) is 2.60. The van der Waals surface area contributed by atoms with Gasteiger partial charge in [-0.2, -0.15) is 0 Å². The maximum Gasteiger partial charge on any atom is 0.125 e. The molecule has 1 N–H and O–H groups in total. The van der Waals surface area contributed by atoms with Gasteiger partial charge >= 0.3 is 0 Å². The van der Waals surface area contributed by atoms with Crippen molar-refractivity contribution in [3.05, 3.63) is 29.3 Å². The Balaban J connectivity index is 2.15. The molecule has 2 atom stereocenters. The molecule has 0 fully saturated rings. The van der Waals surface area contributed by atoms with Gasteiger partial charge in [0.2, 0.25) is 0 Å². The number of hydrogen-bond acceptors (Lipinski definition) is 3. The van der Waals surface area contributed by atoms with Crippen LogP contribution >= 0.6 is 0 Å². The predicted molar refractivity (Wildman–Crippen MR) is 77.6 cm³/mol. The van der Waals surface area contributed by atoms with E-state index in [9.17, 15) is 5.11 Å². The van der Waals surface area contributed by atoms with Gasteiger partial charge in [-0.05, 0) is 44.1 Å². The largest absolute Gasteiger partial charge is 0.491 e. The first-order valence-corrected chi connectivity index (χ1v) is 7.31. The monoisotopic (exact) mass is 263 g/mol. The van der Waals surface area contributed by atoms with E-state index >= 15 is 0 Å². The zero-order valence-corrected chi connectivity index (χ0v) is 12.2. The van der Waals surface area contributed by atoms with Crippen LogP contribution in [0.5, 0.6) is 5.75 Å². The summed E-state index contributed by atoms with van der Waals surface area (Å²) in [7, 11) is 2.07. The van der Waals surface area contributed by atoms with E-state index in [0.29, 0.717) is 6.61 Å². The third-order valence-electron chi connectivity index (χ3n) is 4.01. The first kappa shape index (κ1) is 14.4. The number of benzene rings is 1. The molecule has 2 rings (SSSR count). The summed E-state index contributed by atoms with van der Waals surface area (Å²) < 4.78 is 5.81. The number of rotatable bonds is 5. The summed E-state index contributed by atoms with van der Waals surface area (Å²) in [5, 5.41) is 10.6. The highest BCUT2D eigenvalue weighted by atomic mass is 16.5. The van der Waals surface area contributed by atoms with Crippen molar-refractivity contribution in [2.45, 2.75) is 45.3 Å². The Kier molecular flexibility index (Phi) is 4.83. The number of ether oxygens (including phenoxy) is 1. The second-order valence-electron chi connectivity index (χ2n) is 5.38. The Bertz CT molecular complexity index is 419. The molecule has 1 aliphatic rings. The van der Waals surface area contributed by atoms with E-state index < -0.39 is 6.10 Å². The highest BCUT2D eigenvalue weighted by Gasteiger charge is 2.31. The van der Waals surface area contributed by atoms with Gasteiger partial charge in [0.1, 0.15) is 18.5 Å². The molecule has 106 valence electrons. The predicted octanol–water partition coefficient (Wildman–Crippen LogP) is 2.78. The third-order valence-corrected chi connectivity index (χ3v) is 4.01. The standard InChI is InChI=1S/C16H25NO2/c1-4-6-9-17(3)14-11-19-15-8-7-12(5-2)10-13(15)16(14)18/h7-8,10,14,16,18H,4-6,9,11H2,1-3H3. The fourth-order valence-electron chi connectivity index (χ4n) is 2.60. The lowest BCUT2D eigenvalue weighted by molar-refractivity contribution is 0.0146. The SMILES string of the molecule is CCCCN(C)C1COc2ccc(CC)cc2C1O. The lowest BCUT2D eigenvalue weighted by atomic mass is 9.95. The second-order valence-corrected chi connectivity index (χ2v) is 5.38. The van der Waals surface area contributed by atoms with Gasteiger partial charge in [-0.15, -0.1) is 0 Å². The van der Waals surface area contributed by atoms with Crippen molar-refractivity contribution in [3.8, 4) is 5.75 Å². The van der Waals surface area contributed by atoms with Crippen LogP contribution in [0.15, 0.2) is 18.2 Å². The van der Waals surface area contributed by atoms with Crippen molar-refractivity contribution in [3.63, 3.8) is 0 Å². The van der Waals surface area contributed by atoms with Crippen LogP contribution in [0.2, 0.25) is 0 Å². The van der Waals surface area contributed by atoms with E-state index in [-0.39, 0.29) is 6.04 Å².